The first-order chi connectivity index (χ1) is 11.0. The summed E-state index contributed by atoms with van der Waals surface area (Å²) in [6.45, 7) is 1.90. The van der Waals surface area contributed by atoms with E-state index in [0.717, 1.165) is 17.2 Å². The summed E-state index contributed by atoms with van der Waals surface area (Å²) in [4.78, 5) is 22.8. The van der Waals surface area contributed by atoms with Crippen LogP contribution in [0.15, 0.2) is 48.5 Å². The molecule has 0 atom stereocenters. The van der Waals surface area contributed by atoms with Crippen LogP contribution in [0.4, 0.5) is 5.69 Å². The van der Waals surface area contributed by atoms with Gasteiger partial charge in [0.05, 0.1) is 12.7 Å². The summed E-state index contributed by atoms with van der Waals surface area (Å²) in [5.41, 5.74) is 2.78. The van der Waals surface area contributed by atoms with Gasteiger partial charge in [-0.25, -0.2) is 4.79 Å². The number of hydrogen-bond donors (Lipinski definition) is 2. The van der Waals surface area contributed by atoms with E-state index < -0.39 is 5.97 Å². The zero-order chi connectivity index (χ0) is 16.8. The fourth-order valence-electron chi connectivity index (χ4n) is 2.04. The molecule has 0 heterocycles. The molecule has 0 saturated carbocycles. The molecule has 5 nitrogen and oxygen atoms in total. The average molecular weight is 311 g/mol. The van der Waals surface area contributed by atoms with Crippen LogP contribution < -0.4 is 10.1 Å². The molecule has 0 spiro atoms. The van der Waals surface area contributed by atoms with E-state index in [2.05, 4.69) is 5.32 Å². The lowest BCUT2D eigenvalue weighted by atomic mass is 10.1. The van der Waals surface area contributed by atoms with Crippen molar-refractivity contribution in [1.82, 2.24) is 0 Å². The van der Waals surface area contributed by atoms with Gasteiger partial charge in [0.25, 0.3) is 5.91 Å². The zero-order valence-corrected chi connectivity index (χ0v) is 12.9. The summed E-state index contributed by atoms with van der Waals surface area (Å²) < 4.78 is 5.21. The number of carbonyl (C=O) groups excluding carboxylic acids is 1. The number of anilines is 1. The van der Waals surface area contributed by atoms with E-state index in [1.807, 2.05) is 13.0 Å². The van der Waals surface area contributed by atoms with E-state index in [0.29, 0.717) is 17.0 Å². The Kier molecular flexibility index (Phi) is 5.15. The summed E-state index contributed by atoms with van der Waals surface area (Å²) >= 11 is 0. The van der Waals surface area contributed by atoms with Crippen LogP contribution in [0.1, 0.15) is 21.5 Å². The number of rotatable bonds is 5. The zero-order valence-electron chi connectivity index (χ0n) is 12.9. The number of carbonyl (C=O) groups is 2. The number of carboxylic acid groups (broad SMARTS) is 1. The topological polar surface area (TPSA) is 75.6 Å². The number of ether oxygens (including phenoxy) is 1. The minimum Gasteiger partial charge on any atom is -0.496 e. The van der Waals surface area contributed by atoms with Crippen molar-refractivity contribution in [2.75, 3.05) is 12.4 Å². The normalized spacial score (nSPS) is 10.5. The van der Waals surface area contributed by atoms with Gasteiger partial charge in [-0.05, 0) is 42.8 Å². The molecule has 23 heavy (non-hydrogen) atoms. The standard InChI is InChI=1S/C18H17NO4/c1-12-3-9-16(23-2)15(11-12)18(22)19-14-7-4-13(5-8-14)6-10-17(20)21/h3-11H,1-2H3,(H,19,22)(H,20,21)/b10-6+. The molecular formula is C18H17NO4. The van der Waals surface area contributed by atoms with Crippen LogP contribution in [-0.2, 0) is 4.79 Å². The van der Waals surface area contributed by atoms with Crippen LogP contribution in [0.2, 0.25) is 0 Å². The van der Waals surface area contributed by atoms with Crippen LogP contribution in [0.25, 0.3) is 6.08 Å². The molecule has 0 aliphatic carbocycles. The number of hydrogen-bond acceptors (Lipinski definition) is 3. The molecule has 0 unspecified atom stereocenters. The van der Waals surface area contributed by atoms with Gasteiger partial charge in [0.1, 0.15) is 5.75 Å². The van der Waals surface area contributed by atoms with Crippen LogP contribution in [-0.4, -0.2) is 24.1 Å². The lowest BCUT2D eigenvalue weighted by molar-refractivity contribution is -0.131. The Bertz CT molecular complexity index is 748. The highest BCUT2D eigenvalue weighted by Gasteiger charge is 2.12. The van der Waals surface area contributed by atoms with E-state index >= 15 is 0 Å². The van der Waals surface area contributed by atoms with Crippen molar-refractivity contribution in [3.8, 4) is 5.75 Å². The molecule has 2 N–H and O–H groups in total. The number of methoxy groups -OCH3 is 1. The highest BCUT2D eigenvalue weighted by molar-refractivity contribution is 6.06. The third-order valence-corrected chi connectivity index (χ3v) is 3.19. The fraction of sp³-hybridized carbons (Fsp3) is 0.111. The minimum absolute atomic E-state index is 0.264. The van der Waals surface area contributed by atoms with Crippen LogP contribution in [0.3, 0.4) is 0 Å². The molecule has 0 aliphatic heterocycles. The highest BCUT2D eigenvalue weighted by Crippen LogP contribution is 2.21. The summed E-state index contributed by atoms with van der Waals surface area (Å²) in [6, 6.07) is 12.3. The Morgan fingerprint density at radius 1 is 1.13 bits per heavy atom. The Hall–Kier alpha value is -3.08. The fourth-order valence-corrected chi connectivity index (χ4v) is 2.04. The number of carboxylic acids is 1. The van der Waals surface area contributed by atoms with Crippen molar-refractivity contribution < 1.29 is 19.4 Å². The van der Waals surface area contributed by atoms with E-state index in [1.54, 1.807) is 36.4 Å². The number of nitrogens with one attached hydrogen (secondary N) is 1. The molecular weight excluding hydrogens is 294 g/mol. The van der Waals surface area contributed by atoms with E-state index in [9.17, 15) is 9.59 Å². The molecule has 2 aromatic rings. The molecule has 118 valence electrons. The van der Waals surface area contributed by atoms with Crippen molar-refractivity contribution in [3.05, 3.63) is 65.2 Å². The van der Waals surface area contributed by atoms with Gasteiger partial charge in [-0.3, -0.25) is 4.79 Å². The monoisotopic (exact) mass is 311 g/mol. The van der Waals surface area contributed by atoms with Crippen LogP contribution in [0, 0.1) is 6.92 Å². The van der Waals surface area contributed by atoms with Crippen LogP contribution in [0.5, 0.6) is 5.75 Å². The minimum atomic E-state index is -1.01. The number of amides is 1. The smallest absolute Gasteiger partial charge is 0.328 e. The second-order valence-corrected chi connectivity index (χ2v) is 4.95. The largest absolute Gasteiger partial charge is 0.496 e. The maximum absolute atomic E-state index is 12.4. The molecule has 0 fully saturated rings. The SMILES string of the molecule is COc1ccc(C)cc1C(=O)Nc1ccc(/C=C/C(=O)O)cc1. The van der Waals surface area contributed by atoms with Crippen molar-refractivity contribution in [1.29, 1.82) is 0 Å². The van der Waals surface area contributed by atoms with E-state index in [-0.39, 0.29) is 5.91 Å². The first-order valence-electron chi connectivity index (χ1n) is 6.96. The van der Waals surface area contributed by atoms with Crippen molar-refractivity contribution in [3.63, 3.8) is 0 Å². The Morgan fingerprint density at radius 2 is 1.83 bits per heavy atom. The second kappa shape index (κ2) is 7.26. The molecule has 0 aliphatic rings. The third kappa shape index (κ3) is 4.44. The molecule has 2 aromatic carbocycles. The van der Waals surface area contributed by atoms with E-state index in [4.69, 9.17) is 9.84 Å². The molecule has 0 radical (unpaired) electrons. The number of aliphatic carboxylic acids is 1. The molecule has 1 amide bonds. The van der Waals surface area contributed by atoms with Gasteiger partial charge in [0.2, 0.25) is 0 Å². The molecule has 0 saturated heterocycles. The predicted molar refractivity (Wildman–Crippen MR) is 88.8 cm³/mol. The maximum atomic E-state index is 12.4. The Morgan fingerprint density at radius 3 is 2.43 bits per heavy atom. The lowest BCUT2D eigenvalue weighted by Gasteiger charge is -2.10. The maximum Gasteiger partial charge on any atom is 0.328 e. The first kappa shape index (κ1) is 16.3. The second-order valence-electron chi connectivity index (χ2n) is 4.95. The molecule has 0 bridgehead atoms. The Balaban J connectivity index is 2.14. The van der Waals surface area contributed by atoms with Gasteiger partial charge in [0, 0.05) is 11.8 Å². The number of aryl methyl sites for hydroxylation is 1. The third-order valence-electron chi connectivity index (χ3n) is 3.19. The number of benzene rings is 2. The Labute approximate surface area is 134 Å². The molecule has 2 rings (SSSR count). The first-order valence-corrected chi connectivity index (χ1v) is 6.96. The average Bonchev–Trinajstić information content (AvgIpc) is 2.54. The van der Waals surface area contributed by atoms with Gasteiger partial charge in [-0.2, -0.15) is 0 Å². The summed E-state index contributed by atoms with van der Waals surface area (Å²) in [6.07, 6.45) is 2.54. The van der Waals surface area contributed by atoms with Crippen molar-refractivity contribution in [2.24, 2.45) is 0 Å². The highest BCUT2D eigenvalue weighted by atomic mass is 16.5. The summed E-state index contributed by atoms with van der Waals surface area (Å²) in [5.74, 6) is -0.762. The summed E-state index contributed by atoms with van der Waals surface area (Å²) in [7, 11) is 1.52. The van der Waals surface area contributed by atoms with Crippen molar-refractivity contribution in [2.45, 2.75) is 6.92 Å². The van der Waals surface area contributed by atoms with Gasteiger partial charge >= 0.3 is 5.97 Å². The predicted octanol–water partition coefficient (Wildman–Crippen LogP) is 3.35. The van der Waals surface area contributed by atoms with E-state index in [1.165, 1.54) is 13.2 Å². The van der Waals surface area contributed by atoms with Gasteiger partial charge in [-0.15, -0.1) is 0 Å². The van der Waals surface area contributed by atoms with Gasteiger partial charge in [-0.1, -0.05) is 23.8 Å². The summed E-state index contributed by atoms with van der Waals surface area (Å²) in [5, 5.41) is 11.4. The van der Waals surface area contributed by atoms with Crippen molar-refractivity contribution >= 4 is 23.6 Å². The molecule has 0 aromatic heterocycles. The van der Waals surface area contributed by atoms with Crippen LogP contribution >= 0.6 is 0 Å². The van der Waals surface area contributed by atoms with Gasteiger partial charge in [0.15, 0.2) is 0 Å². The lowest BCUT2D eigenvalue weighted by Crippen LogP contribution is -2.13. The quantitative estimate of drug-likeness (QED) is 0.830. The van der Waals surface area contributed by atoms with Gasteiger partial charge < -0.3 is 15.2 Å². The molecule has 5 heteroatoms.